The third kappa shape index (κ3) is 7.72. The highest BCUT2D eigenvalue weighted by atomic mass is 35.5. The Bertz CT molecular complexity index is 816. The van der Waals surface area contributed by atoms with E-state index in [4.69, 9.17) is 14.2 Å². The molecule has 7 nitrogen and oxygen atoms in total. The molecule has 33 heavy (non-hydrogen) atoms. The van der Waals surface area contributed by atoms with Gasteiger partial charge in [0.1, 0.15) is 11.9 Å². The number of carbonyl (C=O) groups excluding carboxylic acids is 4. The maximum absolute atomic E-state index is 13.2. The zero-order valence-electron chi connectivity index (χ0n) is 18.7. The minimum atomic E-state index is -2.21. The number of halogens is 2. The Morgan fingerprint density at radius 3 is 1.82 bits per heavy atom. The highest BCUT2D eigenvalue weighted by molar-refractivity contribution is 6.50. The van der Waals surface area contributed by atoms with Crippen LogP contribution in [0.2, 0.25) is 0 Å². The molecule has 1 atom stereocenters. The van der Waals surface area contributed by atoms with Crippen molar-refractivity contribution in [2.75, 3.05) is 13.2 Å². The average molecular weight is 501 g/mol. The van der Waals surface area contributed by atoms with E-state index in [0.29, 0.717) is 18.6 Å². The molecule has 0 fully saturated rings. The van der Waals surface area contributed by atoms with Crippen LogP contribution in [-0.4, -0.2) is 42.8 Å². The molecule has 1 aliphatic rings. The number of hydrogen-bond donors (Lipinski definition) is 0. The van der Waals surface area contributed by atoms with E-state index in [1.54, 1.807) is 36.4 Å². The quantitative estimate of drug-likeness (QED) is 0.183. The molecule has 1 aromatic rings. The van der Waals surface area contributed by atoms with Crippen molar-refractivity contribution in [3.63, 3.8) is 0 Å². The normalized spacial score (nSPS) is 15.4. The monoisotopic (exact) mass is 500 g/mol. The molecule has 0 radical (unpaired) electrons. The second kappa shape index (κ2) is 15.2. The highest BCUT2D eigenvalue weighted by Gasteiger charge is 2.57. The summed E-state index contributed by atoms with van der Waals surface area (Å²) in [6.45, 7) is 3.89. The largest absolute Gasteiger partial charge is 0.484 e. The molecule has 2 rings (SSSR count). The SMILES string of the molecule is CCCCOC(=O)C(=O)C1(C(=O)C(=O)OCCCC)C=CC=CC1Oc1ccccc1.Cl.Cl. The van der Waals surface area contributed by atoms with Crippen LogP contribution in [0, 0.1) is 5.41 Å². The van der Waals surface area contributed by atoms with Gasteiger partial charge in [-0.15, -0.1) is 24.8 Å². The summed E-state index contributed by atoms with van der Waals surface area (Å²) < 4.78 is 16.0. The summed E-state index contributed by atoms with van der Waals surface area (Å²) in [5.41, 5.74) is -2.21. The zero-order chi connectivity index (χ0) is 22.7. The van der Waals surface area contributed by atoms with E-state index in [0.717, 1.165) is 12.8 Å². The van der Waals surface area contributed by atoms with Crippen LogP contribution < -0.4 is 4.74 Å². The van der Waals surface area contributed by atoms with E-state index in [2.05, 4.69) is 0 Å². The second-order valence-corrected chi connectivity index (χ2v) is 7.10. The van der Waals surface area contributed by atoms with Gasteiger partial charge in [-0.05, 0) is 31.1 Å². The van der Waals surface area contributed by atoms with Crippen LogP contribution in [0.25, 0.3) is 0 Å². The van der Waals surface area contributed by atoms with Gasteiger partial charge in [-0.2, -0.15) is 0 Å². The molecule has 0 spiro atoms. The first-order valence-electron chi connectivity index (χ1n) is 10.5. The molecule has 0 N–H and O–H groups in total. The van der Waals surface area contributed by atoms with Crippen LogP contribution in [0.15, 0.2) is 54.6 Å². The molecular formula is C24H30Cl2O7. The van der Waals surface area contributed by atoms with E-state index in [-0.39, 0.29) is 38.0 Å². The van der Waals surface area contributed by atoms with Gasteiger partial charge < -0.3 is 14.2 Å². The third-order valence-corrected chi connectivity index (χ3v) is 4.80. The van der Waals surface area contributed by atoms with Crippen molar-refractivity contribution in [2.24, 2.45) is 5.41 Å². The maximum Gasteiger partial charge on any atom is 0.376 e. The summed E-state index contributed by atoms with van der Waals surface area (Å²) in [5.74, 6) is -4.34. The number of ketones is 2. The Kier molecular flexibility index (Phi) is 14.0. The summed E-state index contributed by atoms with van der Waals surface area (Å²) in [7, 11) is 0. The number of rotatable bonds is 12. The standard InChI is InChI=1S/C24H28O7.2ClH/c1-3-5-16-29-22(27)20(25)24(21(26)23(28)30-17-6-4-2)15-11-10-14-19(24)31-18-12-8-7-9-13-18;;/h7-15,19H,3-6,16-17H2,1-2H3;2*1H. The van der Waals surface area contributed by atoms with Gasteiger partial charge in [0.25, 0.3) is 11.6 Å². The lowest BCUT2D eigenvalue weighted by Crippen LogP contribution is -2.55. The molecule has 0 saturated carbocycles. The van der Waals surface area contributed by atoms with E-state index in [9.17, 15) is 19.2 Å². The van der Waals surface area contributed by atoms with E-state index in [1.165, 1.54) is 18.2 Å². The lowest BCUT2D eigenvalue weighted by molar-refractivity contribution is -0.167. The number of unbranched alkanes of at least 4 members (excludes halogenated alkanes) is 2. The fourth-order valence-electron chi connectivity index (χ4n) is 3.00. The van der Waals surface area contributed by atoms with Crippen LogP contribution in [0.1, 0.15) is 39.5 Å². The molecule has 0 aliphatic heterocycles. The van der Waals surface area contributed by atoms with E-state index < -0.39 is 35.0 Å². The Morgan fingerprint density at radius 1 is 0.818 bits per heavy atom. The van der Waals surface area contributed by atoms with Crippen molar-refractivity contribution >= 4 is 48.3 Å². The number of hydrogen-bond acceptors (Lipinski definition) is 7. The lowest BCUT2D eigenvalue weighted by Gasteiger charge is -2.34. The number of benzene rings is 1. The van der Waals surface area contributed by atoms with Crippen molar-refractivity contribution in [2.45, 2.75) is 45.6 Å². The van der Waals surface area contributed by atoms with Gasteiger partial charge in [0.15, 0.2) is 5.41 Å². The molecule has 182 valence electrons. The van der Waals surface area contributed by atoms with Crippen LogP contribution in [0.4, 0.5) is 0 Å². The Labute approximate surface area is 206 Å². The van der Waals surface area contributed by atoms with Gasteiger partial charge in [0.05, 0.1) is 13.2 Å². The molecule has 1 aromatic carbocycles. The van der Waals surface area contributed by atoms with Gasteiger partial charge >= 0.3 is 11.9 Å². The molecule has 0 aromatic heterocycles. The maximum atomic E-state index is 13.2. The van der Waals surface area contributed by atoms with Gasteiger partial charge in [-0.3, -0.25) is 9.59 Å². The number of esters is 2. The number of para-hydroxylation sites is 1. The summed E-state index contributed by atoms with van der Waals surface area (Å²) in [4.78, 5) is 51.5. The minimum Gasteiger partial charge on any atom is -0.484 e. The first-order valence-corrected chi connectivity index (χ1v) is 10.5. The van der Waals surface area contributed by atoms with E-state index >= 15 is 0 Å². The summed E-state index contributed by atoms with van der Waals surface area (Å²) in [6.07, 6.45) is 7.12. The molecule has 9 heteroatoms. The predicted octanol–water partition coefficient (Wildman–Crippen LogP) is 4.21. The topological polar surface area (TPSA) is 96.0 Å². The van der Waals surface area contributed by atoms with Gasteiger partial charge in [0.2, 0.25) is 0 Å². The van der Waals surface area contributed by atoms with Gasteiger partial charge in [0, 0.05) is 0 Å². The van der Waals surface area contributed by atoms with Gasteiger partial charge in [-0.25, -0.2) is 9.59 Å². The molecular weight excluding hydrogens is 471 g/mol. The molecule has 0 bridgehead atoms. The van der Waals surface area contributed by atoms with E-state index in [1.807, 2.05) is 13.8 Å². The van der Waals surface area contributed by atoms with Crippen LogP contribution in [0.3, 0.4) is 0 Å². The van der Waals surface area contributed by atoms with Crippen molar-refractivity contribution in [3.8, 4) is 5.75 Å². The van der Waals surface area contributed by atoms with Crippen molar-refractivity contribution < 1.29 is 33.4 Å². The van der Waals surface area contributed by atoms with Crippen LogP contribution >= 0.6 is 24.8 Å². The third-order valence-electron chi connectivity index (χ3n) is 4.80. The van der Waals surface area contributed by atoms with Crippen LogP contribution in [-0.2, 0) is 28.7 Å². The molecule has 0 amide bonds. The summed E-state index contributed by atoms with van der Waals surface area (Å²) in [5, 5.41) is 0. The Morgan fingerprint density at radius 2 is 1.33 bits per heavy atom. The Hall–Kier alpha value is -2.64. The number of carbonyl (C=O) groups is 4. The minimum absolute atomic E-state index is 0. The highest BCUT2D eigenvalue weighted by Crippen LogP contribution is 2.35. The number of allylic oxidation sites excluding steroid dienone is 2. The molecule has 1 aliphatic carbocycles. The smallest absolute Gasteiger partial charge is 0.376 e. The summed E-state index contributed by atoms with van der Waals surface area (Å²) in [6, 6.07) is 8.52. The number of ether oxygens (including phenoxy) is 3. The Balaban J connectivity index is 0.00000512. The van der Waals surface area contributed by atoms with Crippen molar-refractivity contribution in [1.29, 1.82) is 0 Å². The fraction of sp³-hybridized carbons (Fsp3) is 0.417. The van der Waals surface area contributed by atoms with Crippen molar-refractivity contribution in [1.82, 2.24) is 0 Å². The van der Waals surface area contributed by atoms with Crippen LogP contribution in [0.5, 0.6) is 5.75 Å². The molecule has 1 unspecified atom stereocenters. The molecule has 0 saturated heterocycles. The zero-order valence-corrected chi connectivity index (χ0v) is 20.3. The summed E-state index contributed by atoms with van der Waals surface area (Å²) >= 11 is 0. The fourth-order valence-corrected chi connectivity index (χ4v) is 3.00. The number of Topliss-reactive ketones (excluding diaryl/α,β-unsaturated/α-hetero) is 2. The van der Waals surface area contributed by atoms with Gasteiger partial charge in [-0.1, -0.05) is 63.1 Å². The second-order valence-electron chi connectivity index (χ2n) is 7.10. The predicted molar refractivity (Wildman–Crippen MR) is 128 cm³/mol. The molecule has 0 heterocycles. The average Bonchev–Trinajstić information content (AvgIpc) is 2.79. The lowest BCUT2D eigenvalue weighted by atomic mass is 9.71. The first-order chi connectivity index (χ1) is 15.0. The van der Waals surface area contributed by atoms with Crippen molar-refractivity contribution in [3.05, 3.63) is 54.6 Å². The first kappa shape index (κ1) is 30.4.